The van der Waals surface area contributed by atoms with E-state index in [1.54, 1.807) is 7.97 Å². The topological polar surface area (TPSA) is 0 Å². The molecule has 0 nitrogen and oxygen atoms in total. The molecule has 0 bridgehead atoms. The molecule has 0 fully saturated rings. The minimum atomic E-state index is 0.757. The van der Waals surface area contributed by atoms with Gasteiger partial charge in [0, 0.05) is 27.0 Å². The van der Waals surface area contributed by atoms with Crippen LogP contribution in [0.4, 0.5) is 0 Å². The fourth-order valence-electron chi connectivity index (χ4n) is 0.133. The van der Waals surface area contributed by atoms with Crippen LogP contribution in [0.5, 0.6) is 0 Å². The van der Waals surface area contributed by atoms with Crippen LogP contribution in [-0.2, 0) is 0 Å². The van der Waals surface area contributed by atoms with Crippen molar-refractivity contribution in [1.29, 1.82) is 0 Å². The highest BCUT2D eigenvalue weighted by Gasteiger charge is 1.90. The van der Waals surface area contributed by atoms with Gasteiger partial charge in [-0.15, -0.1) is 9.24 Å². The Morgan fingerprint density at radius 2 is 2.43 bits per heavy atom. The molecule has 0 aromatic rings. The first-order chi connectivity index (χ1) is 3.27. The first kappa shape index (κ1) is 8.86. The van der Waals surface area contributed by atoms with Gasteiger partial charge in [0.25, 0.3) is 0 Å². The molecule has 0 N–H and O–H groups in total. The summed E-state index contributed by atoms with van der Waals surface area (Å²) in [6.45, 7) is 2.20. The molecule has 0 amide bonds. The normalized spacial score (nSPS) is 14.1. The zero-order valence-electron chi connectivity index (χ0n) is 4.06. The van der Waals surface area contributed by atoms with E-state index >= 15 is 0 Å². The molecule has 0 saturated heterocycles. The average molecular weight is 266 g/mol. The maximum atomic E-state index is 2.77. The van der Waals surface area contributed by atoms with Gasteiger partial charge in [-0.05, 0) is 13.6 Å². The summed E-state index contributed by atoms with van der Waals surface area (Å²) in [5, 5.41) is 0. The molecular formula is C3H8IPS2. The van der Waals surface area contributed by atoms with Gasteiger partial charge in [0.1, 0.15) is 0 Å². The van der Waals surface area contributed by atoms with Crippen molar-refractivity contribution in [3.8, 4) is 0 Å². The van der Waals surface area contributed by atoms with Crippen LogP contribution < -0.4 is 0 Å². The highest BCUT2D eigenvalue weighted by atomic mass is 127. The fraction of sp³-hybridized carbons (Fsp3) is 1.00. The molecule has 44 valence electrons. The SMILES string of the molecule is CC(P)CSSI. The van der Waals surface area contributed by atoms with Gasteiger partial charge < -0.3 is 0 Å². The Kier molecular flexibility index (Phi) is 7.58. The van der Waals surface area contributed by atoms with E-state index in [2.05, 4.69) is 37.4 Å². The van der Waals surface area contributed by atoms with E-state index in [1.807, 2.05) is 10.8 Å². The molecular weight excluding hydrogens is 258 g/mol. The Morgan fingerprint density at radius 3 is 2.57 bits per heavy atom. The second kappa shape index (κ2) is 5.99. The minimum Gasteiger partial charge on any atom is -0.134 e. The van der Waals surface area contributed by atoms with Crippen LogP contribution in [0.25, 0.3) is 0 Å². The molecule has 0 saturated carbocycles. The summed E-state index contributed by atoms with van der Waals surface area (Å²) in [7, 11) is 6.47. The van der Waals surface area contributed by atoms with Gasteiger partial charge in [0.2, 0.25) is 0 Å². The molecule has 4 heteroatoms. The molecule has 0 heterocycles. The van der Waals surface area contributed by atoms with Gasteiger partial charge in [-0.2, -0.15) is 0 Å². The highest BCUT2D eigenvalue weighted by Crippen LogP contribution is 2.30. The summed E-state index contributed by atoms with van der Waals surface area (Å²) in [5.74, 6) is 1.23. The molecule has 2 atom stereocenters. The highest BCUT2D eigenvalue weighted by molar-refractivity contribution is 14.2. The Hall–Kier alpha value is 1.86. The smallest absolute Gasteiger partial charge is 0.0105 e. The van der Waals surface area contributed by atoms with Crippen LogP contribution in [0, 0.1) is 0 Å². The van der Waals surface area contributed by atoms with E-state index < -0.39 is 0 Å². The van der Waals surface area contributed by atoms with E-state index in [4.69, 9.17) is 0 Å². The molecule has 0 aliphatic heterocycles. The Morgan fingerprint density at radius 1 is 1.86 bits per heavy atom. The fourth-order valence-corrected chi connectivity index (χ4v) is 3.23. The zero-order valence-corrected chi connectivity index (χ0v) is 9.00. The van der Waals surface area contributed by atoms with Gasteiger partial charge in [0.05, 0.1) is 0 Å². The molecule has 2 unspecified atom stereocenters. The number of halogens is 1. The molecule has 0 aromatic carbocycles. The van der Waals surface area contributed by atoms with Crippen molar-refractivity contribution >= 4 is 49.2 Å². The van der Waals surface area contributed by atoms with E-state index in [-0.39, 0.29) is 0 Å². The average Bonchev–Trinajstić information content (AvgIpc) is 1.61. The third-order valence-corrected chi connectivity index (χ3v) is 4.67. The molecule has 0 radical (unpaired) electrons. The maximum absolute atomic E-state index is 2.77. The molecule has 0 rings (SSSR count). The number of rotatable bonds is 3. The lowest BCUT2D eigenvalue weighted by Crippen LogP contribution is -1.89. The lowest BCUT2D eigenvalue weighted by atomic mass is 10.6. The van der Waals surface area contributed by atoms with Crippen molar-refractivity contribution < 1.29 is 0 Å². The molecule has 0 aliphatic carbocycles. The predicted molar refractivity (Wildman–Crippen MR) is 53.2 cm³/mol. The number of hydrogen-bond donors (Lipinski definition) is 0. The van der Waals surface area contributed by atoms with Crippen molar-refractivity contribution in [3.63, 3.8) is 0 Å². The van der Waals surface area contributed by atoms with Crippen LogP contribution in [-0.4, -0.2) is 11.4 Å². The lowest BCUT2D eigenvalue weighted by molar-refractivity contribution is 1.14. The Balaban J connectivity index is 2.68. The third kappa shape index (κ3) is 7.86. The van der Waals surface area contributed by atoms with Gasteiger partial charge in [-0.1, -0.05) is 17.7 Å². The van der Waals surface area contributed by atoms with Gasteiger partial charge in [0.15, 0.2) is 0 Å². The summed E-state index contributed by atoms with van der Waals surface area (Å²) >= 11 is 2.29. The summed E-state index contributed by atoms with van der Waals surface area (Å²) in [6.07, 6.45) is 0. The first-order valence-corrected chi connectivity index (χ1v) is 7.46. The third-order valence-electron chi connectivity index (χ3n) is 0.375. The molecule has 0 aliphatic rings. The van der Waals surface area contributed by atoms with Gasteiger partial charge in [-0.3, -0.25) is 0 Å². The van der Waals surface area contributed by atoms with Crippen LogP contribution in [0.2, 0.25) is 0 Å². The van der Waals surface area contributed by atoms with Crippen molar-refractivity contribution in [2.24, 2.45) is 0 Å². The summed E-state index contributed by atoms with van der Waals surface area (Å²) in [4.78, 5) is 0. The quantitative estimate of drug-likeness (QED) is 0.437. The largest absolute Gasteiger partial charge is 0.134 e. The number of hydrogen-bond acceptors (Lipinski definition) is 2. The first-order valence-electron chi connectivity index (χ1n) is 1.93. The van der Waals surface area contributed by atoms with E-state index in [1.165, 1.54) is 5.75 Å². The summed E-state index contributed by atoms with van der Waals surface area (Å²) in [6, 6.07) is 0. The van der Waals surface area contributed by atoms with E-state index in [0.717, 1.165) is 5.66 Å². The van der Waals surface area contributed by atoms with E-state index in [9.17, 15) is 0 Å². The predicted octanol–water partition coefficient (Wildman–Crippen LogP) is 2.98. The van der Waals surface area contributed by atoms with Crippen molar-refractivity contribution in [3.05, 3.63) is 0 Å². The maximum Gasteiger partial charge on any atom is 0.0105 e. The van der Waals surface area contributed by atoms with Crippen LogP contribution in [0.1, 0.15) is 6.92 Å². The standard InChI is InChI=1S/C3H8IPS2/c1-3(5)2-6-7-4/h3H,2,5H2,1H3. The Labute approximate surface area is 67.2 Å². The molecule has 0 aromatic heterocycles. The summed E-state index contributed by atoms with van der Waals surface area (Å²) < 4.78 is 0. The van der Waals surface area contributed by atoms with Crippen molar-refractivity contribution in [2.45, 2.75) is 12.6 Å². The summed E-state index contributed by atoms with van der Waals surface area (Å²) in [5.41, 5.74) is 0.757. The lowest BCUT2D eigenvalue weighted by Gasteiger charge is -1.97. The molecule has 7 heavy (non-hydrogen) atoms. The van der Waals surface area contributed by atoms with Crippen molar-refractivity contribution in [1.82, 2.24) is 0 Å². The van der Waals surface area contributed by atoms with Crippen LogP contribution in [0.15, 0.2) is 0 Å². The molecule has 0 spiro atoms. The zero-order chi connectivity index (χ0) is 5.70. The van der Waals surface area contributed by atoms with Crippen LogP contribution in [0.3, 0.4) is 0 Å². The van der Waals surface area contributed by atoms with Crippen molar-refractivity contribution in [2.75, 3.05) is 5.75 Å². The van der Waals surface area contributed by atoms with Gasteiger partial charge >= 0.3 is 0 Å². The van der Waals surface area contributed by atoms with Gasteiger partial charge in [-0.25, -0.2) is 0 Å². The van der Waals surface area contributed by atoms with Crippen LogP contribution >= 0.6 is 49.2 Å². The Bertz CT molecular complexity index is 41.9. The minimum absolute atomic E-state index is 0.757. The second-order valence-electron chi connectivity index (χ2n) is 1.32. The monoisotopic (exact) mass is 266 g/mol. The van der Waals surface area contributed by atoms with E-state index in [0.29, 0.717) is 0 Å². The second-order valence-corrected chi connectivity index (χ2v) is 7.48.